The maximum absolute atomic E-state index is 13.2. The van der Waals surface area contributed by atoms with E-state index in [0.717, 1.165) is 0 Å². The van der Waals surface area contributed by atoms with E-state index in [9.17, 15) is 18.0 Å². The van der Waals surface area contributed by atoms with Crippen LogP contribution < -0.4 is 11.1 Å². The number of nitrogens with two attached hydrogens (primary N) is 1. The van der Waals surface area contributed by atoms with Crippen molar-refractivity contribution in [2.75, 3.05) is 6.54 Å². The number of amides is 1. The molecule has 0 aliphatic heterocycles. The zero-order chi connectivity index (χ0) is 16.8. The Morgan fingerprint density at radius 2 is 1.70 bits per heavy atom. The van der Waals surface area contributed by atoms with E-state index < -0.39 is 23.5 Å². The molecule has 23 heavy (non-hydrogen) atoms. The molecular formula is C16H24ClF3N2O. The number of hydrogen-bond donors (Lipinski definition) is 2. The lowest BCUT2D eigenvalue weighted by Crippen LogP contribution is -2.54. The number of hydrogen-bond acceptors (Lipinski definition) is 2. The van der Waals surface area contributed by atoms with E-state index in [4.69, 9.17) is 5.73 Å². The first-order chi connectivity index (χ1) is 10.3. The van der Waals surface area contributed by atoms with Gasteiger partial charge < -0.3 is 11.1 Å². The topological polar surface area (TPSA) is 55.1 Å². The van der Waals surface area contributed by atoms with Gasteiger partial charge in [-0.25, -0.2) is 0 Å². The Kier molecular flexibility index (Phi) is 8.63. The highest BCUT2D eigenvalue weighted by molar-refractivity contribution is 5.85. The zero-order valence-corrected chi connectivity index (χ0v) is 14.1. The fraction of sp³-hybridized carbons (Fsp3) is 0.562. The van der Waals surface area contributed by atoms with Crippen molar-refractivity contribution >= 4 is 18.3 Å². The van der Waals surface area contributed by atoms with Gasteiger partial charge in [0.1, 0.15) is 6.04 Å². The van der Waals surface area contributed by atoms with Crippen LogP contribution in [0.1, 0.15) is 32.3 Å². The maximum atomic E-state index is 13.2. The van der Waals surface area contributed by atoms with Crippen LogP contribution >= 0.6 is 12.4 Å². The quantitative estimate of drug-likeness (QED) is 0.789. The third kappa shape index (κ3) is 5.70. The van der Waals surface area contributed by atoms with Crippen LogP contribution in [0.5, 0.6) is 0 Å². The standard InChI is InChI=1S/C16H23F3N2O.ClH/c1-3-15(4-2,11-20)14(22)21-13(16(17,18)19)10-12-8-6-5-7-9-12;/h5-9,13H,3-4,10-11,20H2,1-2H3,(H,21,22);1H. The van der Waals surface area contributed by atoms with Crippen LogP contribution in [0, 0.1) is 5.41 Å². The molecule has 0 aliphatic carbocycles. The molecule has 7 heteroatoms. The van der Waals surface area contributed by atoms with Gasteiger partial charge in [-0.2, -0.15) is 13.2 Å². The summed E-state index contributed by atoms with van der Waals surface area (Å²) in [6.07, 6.45) is -3.99. The maximum Gasteiger partial charge on any atom is 0.408 e. The van der Waals surface area contributed by atoms with Crippen LogP contribution in [0.3, 0.4) is 0 Å². The molecule has 0 aromatic heterocycles. The molecule has 1 atom stereocenters. The molecule has 0 fully saturated rings. The average molecular weight is 353 g/mol. The third-order valence-electron chi connectivity index (χ3n) is 4.21. The number of nitrogens with one attached hydrogen (secondary N) is 1. The summed E-state index contributed by atoms with van der Waals surface area (Å²) in [7, 11) is 0. The van der Waals surface area contributed by atoms with E-state index >= 15 is 0 Å². The molecule has 0 saturated heterocycles. The Balaban J connectivity index is 0.00000484. The predicted octanol–water partition coefficient (Wildman–Crippen LogP) is 3.46. The average Bonchev–Trinajstić information content (AvgIpc) is 2.49. The van der Waals surface area contributed by atoms with Crippen molar-refractivity contribution in [3.05, 3.63) is 35.9 Å². The molecule has 1 aromatic rings. The second-order valence-electron chi connectivity index (χ2n) is 5.45. The Labute approximate surface area is 141 Å². The van der Waals surface area contributed by atoms with E-state index in [0.29, 0.717) is 18.4 Å². The fourth-order valence-corrected chi connectivity index (χ4v) is 2.36. The van der Waals surface area contributed by atoms with Crippen LogP contribution in [0.4, 0.5) is 13.2 Å². The minimum absolute atomic E-state index is 0. The molecule has 0 bridgehead atoms. The molecule has 0 spiro atoms. The lowest BCUT2D eigenvalue weighted by Gasteiger charge is -2.32. The lowest BCUT2D eigenvalue weighted by atomic mass is 9.81. The number of rotatable bonds is 7. The SMILES string of the molecule is CCC(CC)(CN)C(=O)NC(Cc1ccccc1)C(F)(F)F.Cl. The van der Waals surface area contributed by atoms with Gasteiger partial charge in [0.2, 0.25) is 5.91 Å². The molecule has 1 rings (SSSR count). The summed E-state index contributed by atoms with van der Waals surface area (Å²) in [4.78, 5) is 12.3. The second kappa shape index (κ2) is 9.13. The van der Waals surface area contributed by atoms with Crippen molar-refractivity contribution in [3.8, 4) is 0 Å². The molecule has 0 saturated carbocycles. The van der Waals surface area contributed by atoms with Gasteiger partial charge in [0.25, 0.3) is 0 Å². The van der Waals surface area contributed by atoms with Crippen LogP contribution in [-0.2, 0) is 11.2 Å². The highest BCUT2D eigenvalue weighted by atomic mass is 35.5. The van der Waals surface area contributed by atoms with E-state index in [1.807, 2.05) is 0 Å². The van der Waals surface area contributed by atoms with E-state index in [1.165, 1.54) is 0 Å². The Hall–Kier alpha value is -1.27. The molecule has 1 amide bonds. The second-order valence-corrected chi connectivity index (χ2v) is 5.45. The molecule has 0 heterocycles. The number of carbonyl (C=O) groups is 1. The molecule has 1 unspecified atom stereocenters. The van der Waals surface area contributed by atoms with Crippen molar-refractivity contribution < 1.29 is 18.0 Å². The first-order valence-corrected chi connectivity index (χ1v) is 7.40. The summed E-state index contributed by atoms with van der Waals surface area (Å²) in [6.45, 7) is 3.55. The summed E-state index contributed by atoms with van der Waals surface area (Å²) in [5, 5.41) is 2.16. The Morgan fingerprint density at radius 1 is 1.17 bits per heavy atom. The van der Waals surface area contributed by atoms with Gasteiger partial charge in [-0.3, -0.25) is 4.79 Å². The third-order valence-corrected chi connectivity index (χ3v) is 4.21. The molecular weight excluding hydrogens is 329 g/mol. The van der Waals surface area contributed by atoms with Crippen molar-refractivity contribution in [1.29, 1.82) is 0 Å². The van der Waals surface area contributed by atoms with Crippen molar-refractivity contribution in [3.63, 3.8) is 0 Å². The fourth-order valence-electron chi connectivity index (χ4n) is 2.36. The first-order valence-electron chi connectivity index (χ1n) is 7.40. The summed E-state index contributed by atoms with van der Waals surface area (Å²) in [6, 6.07) is 6.39. The van der Waals surface area contributed by atoms with Crippen LogP contribution in [0.25, 0.3) is 0 Å². The highest BCUT2D eigenvalue weighted by Crippen LogP contribution is 2.28. The largest absolute Gasteiger partial charge is 0.408 e. The Morgan fingerprint density at radius 3 is 2.09 bits per heavy atom. The van der Waals surface area contributed by atoms with Crippen LogP contribution in [0.2, 0.25) is 0 Å². The molecule has 0 radical (unpaired) electrons. The van der Waals surface area contributed by atoms with E-state index in [-0.39, 0.29) is 25.4 Å². The molecule has 0 aliphatic rings. The van der Waals surface area contributed by atoms with Crippen molar-refractivity contribution in [1.82, 2.24) is 5.32 Å². The van der Waals surface area contributed by atoms with Crippen molar-refractivity contribution in [2.45, 2.75) is 45.3 Å². The smallest absolute Gasteiger partial charge is 0.344 e. The molecule has 3 N–H and O–H groups in total. The van der Waals surface area contributed by atoms with Gasteiger partial charge >= 0.3 is 6.18 Å². The minimum Gasteiger partial charge on any atom is -0.344 e. The predicted molar refractivity (Wildman–Crippen MR) is 87.4 cm³/mol. The van der Waals surface area contributed by atoms with Gasteiger partial charge in [-0.1, -0.05) is 44.2 Å². The number of halogens is 4. The zero-order valence-electron chi connectivity index (χ0n) is 13.3. The summed E-state index contributed by atoms with van der Waals surface area (Å²) in [5.74, 6) is -0.627. The first kappa shape index (κ1) is 21.7. The minimum atomic E-state index is -4.51. The number of benzene rings is 1. The van der Waals surface area contributed by atoms with Gasteiger partial charge in [-0.15, -0.1) is 12.4 Å². The van der Waals surface area contributed by atoms with Gasteiger partial charge in [0.15, 0.2) is 0 Å². The summed E-state index contributed by atoms with van der Waals surface area (Å²) >= 11 is 0. The van der Waals surface area contributed by atoms with Crippen LogP contribution in [0.15, 0.2) is 30.3 Å². The van der Waals surface area contributed by atoms with Crippen molar-refractivity contribution in [2.24, 2.45) is 11.1 Å². The molecule has 3 nitrogen and oxygen atoms in total. The number of alkyl halides is 3. The summed E-state index contributed by atoms with van der Waals surface area (Å²) < 4.78 is 39.7. The van der Waals surface area contributed by atoms with Gasteiger partial charge in [0, 0.05) is 13.0 Å². The summed E-state index contributed by atoms with van der Waals surface area (Å²) in [5.41, 5.74) is 5.21. The molecule has 132 valence electrons. The Bertz CT molecular complexity index is 468. The normalized spacial score (nSPS) is 13.1. The van der Waals surface area contributed by atoms with Crippen LogP contribution in [-0.4, -0.2) is 24.7 Å². The monoisotopic (exact) mass is 352 g/mol. The van der Waals surface area contributed by atoms with Gasteiger partial charge in [-0.05, 0) is 18.4 Å². The lowest BCUT2D eigenvalue weighted by molar-refractivity contribution is -0.164. The number of carbonyl (C=O) groups excluding carboxylic acids is 1. The highest BCUT2D eigenvalue weighted by Gasteiger charge is 2.43. The van der Waals surface area contributed by atoms with E-state index in [1.54, 1.807) is 44.2 Å². The van der Waals surface area contributed by atoms with Gasteiger partial charge in [0.05, 0.1) is 5.41 Å². The van der Waals surface area contributed by atoms with E-state index in [2.05, 4.69) is 5.32 Å². The molecule has 1 aromatic carbocycles.